The molecular weight excluding hydrogens is 569 g/mol. The third kappa shape index (κ3) is 4.20. The van der Waals surface area contributed by atoms with Gasteiger partial charge in [0.2, 0.25) is 0 Å². The van der Waals surface area contributed by atoms with Crippen LogP contribution in [0.25, 0.3) is 58.9 Å². The normalized spacial score (nSPS) is 11.6. The Kier molecular flexibility index (Phi) is 5.96. The second-order valence-corrected chi connectivity index (χ2v) is 12.2. The lowest BCUT2D eigenvalue weighted by atomic mass is 10.1. The van der Waals surface area contributed by atoms with Crippen LogP contribution in [-0.2, 0) is 0 Å². The summed E-state index contributed by atoms with van der Waals surface area (Å²) >= 11 is 1.85. The minimum Gasteiger partial charge on any atom is -0.310 e. The molecule has 0 atom stereocenters. The van der Waals surface area contributed by atoms with E-state index in [2.05, 4.69) is 142 Å². The minimum atomic E-state index is 0.903. The first kappa shape index (κ1) is 25.7. The molecule has 9 aromatic rings. The standard InChI is InChI=1S/C40H26N4S/c1-2-11-28(12-3-1)43(29-20-22-39-33(24-29)31-13-5-7-18-38(31)45-39)36-16-8-17-37-40(36)32-14-4-6-15-35(32)44(37)30-19-21-34(42-26-30)27-10-9-23-41-25-27/h1-26H. The fourth-order valence-electron chi connectivity index (χ4n) is 6.53. The molecule has 0 amide bonds. The van der Waals surface area contributed by atoms with Crippen molar-refractivity contribution in [3.63, 3.8) is 0 Å². The van der Waals surface area contributed by atoms with Crippen molar-refractivity contribution >= 4 is 70.4 Å². The first-order valence-corrected chi connectivity index (χ1v) is 15.8. The second-order valence-electron chi connectivity index (χ2n) is 11.1. The van der Waals surface area contributed by atoms with Crippen molar-refractivity contribution in [3.05, 3.63) is 158 Å². The van der Waals surface area contributed by atoms with Crippen molar-refractivity contribution in [2.24, 2.45) is 0 Å². The second kappa shape index (κ2) is 10.4. The van der Waals surface area contributed by atoms with E-state index in [1.807, 2.05) is 35.9 Å². The van der Waals surface area contributed by atoms with Gasteiger partial charge in [-0.05, 0) is 78.9 Å². The third-order valence-electron chi connectivity index (χ3n) is 8.51. The zero-order chi connectivity index (χ0) is 29.7. The molecule has 212 valence electrons. The van der Waals surface area contributed by atoms with E-state index < -0.39 is 0 Å². The molecule has 4 nitrogen and oxygen atoms in total. The van der Waals surface area contributed by atoms with Crippen molar-refractivity contribution in [1.82, 2.24) is 14.5 Å². The Morgan fingerprint density at radius 2 is 1.36 bits per heavy atom. The topological polar surface area (TPSA) is 34.0 Å². The first-order valence-electron chi connectivity index (χ1n) is 15.0. The van der Waals surface area contributed by atoms with Gasteiger partial charge in [0.25, 0.3) is 0 Å². The molecular formula is C40H26N4S. The van der Waals surface area contributed by atoms with Crippen LogP contribution in [0, 0.1) is 0 Å². The summed E-state index contributed by atoms with van der Waals surface area (Å²) < 4.78 is 4.93. The largest absolute Gasteiger partial charge is 0.310 e. The summed E-state index contributed by atoms with van der Waals surface area (Å²) in [6, 6.07) is 49.7. The SMILES string of the molecule is c1ccc(N(c2ccc3sc4ccccc4c3c2)c2cccc3c2c2ccccc2n3-c2ccc(-c3cccnc3)nc2)cc1. The van der Waals surface area contributed by atoms with Crippen molar-refractivity contribution in [2.75, 3.05) is 4.90 Å². The molecule has 0 radical (unpaired) electrons. The van der Waals surface area contributed by atoms with Gasteiger partial charge in [-0.25, -0.2) is 0 Å². The van der Waals surface area contributed by atoms with E-state index in [-0.39, 0.29) is 0 Å². The van der Waals surface area contributed by atoms with Crippen molar-refractivity contribution in [2.45, 2.75) is 0 Å². The van der Waals surface area contributed by atoms with Crippen LogP contribution in [0.15, 0.2) is 158 Å². The van der Waals surface area contributed by atoms with E-state index in [0.717, 1.165) is 45.0 Å². The number of aromatic nitrogens is 3. The van der Waals surface area contributed by atoms with E-state index in [1.165, 1.54) is 30.9 Å². The van der Waals surface area contributed by atoms with Gasteiger partial charge >= 0.3 is 0 Å². The van der Waals surface area contributed by atoms with Crippen LogP contribution in [0.4, 0.5) is 17.1 Å². The summed E-state index contributed by atoms with van der Waals surface area (Å²) in [4.78, 5) is 11.5. The highest BCUT2D eigenvalue weighted by Gasteiger charge is 2.21. The van der Waals surface area contributed by atoms with Gasteiger partial charge in [0.1, 0.15) is 0 Å². The van der Waals surface area contributed by atoms with Gasteiger partial charge in [-0.3, -0.25) is 9.97 Å². The van der Waals surface area contributed by atoms with Gasteiger partial charge in [0, 0.05) is 60.3 Å². The predicted octanol–water partition coefficient (Wildman–Crippen LogP) is 11.1. The number of hydrogen-bond acceptors (Lipinski definition) is 4. The van der Waals surface area contributed by atoms with Crippen LogP contribution >= 0.6 is 11.3 Å². The highest BCUT2D eigenvalue weighted by atomic mass is 32.1. The molecule has 5 aromatic carbocycles. The number of anilines is 3. The lowest BCUT2D eigenvalue weighted by Crippen LogP contribution is -2.10. The maximum Gasteiger partial charge on any atom is 0.0719 e. The highest BCUT2D eigenvalue weighted by Crippen LogP contribution is 2.45. The third-order valence-corrected chi connectivity index (χ3v) is 9.66. The number of para-hydroxylation sites is 2. The Labute approximate surface area is 264 Å². The fourth-order valence-corrected chi connectivity index (χ4v) is 7.61. The minimum absolute atomic E-state index is 0.903. The molecule has 0 saturated carbocycles. The molecule has 0 N–H and O–H groups in total. The molecule has 5 heteroatoms. The zero-order valence-electron chi connectivity index (χ0n) is 24.2. The summed E-state index contributed by atoms with van der Waals surface area (Å²) in [6.45, 7) is 0. The fraction of sp³-hybridized carbons (Fsp3) is 0. The first-order chi connectivity index (χ1) is 22.3. The summed E-state index contributed by atoms with van der Waals surface area (Å²) in [7, 11) is 0. The number of hydrogen-bond donors (Lipinski definition) is 0. The summed E-state index contributed by atoms with van der Waals surface area (Å²) in [5.74, 6) is 0. The quantitative estimate of drug-likeness (QED) is 0.199. The maximum atomic E-state index is 4.85. The van der Waals surface area contributed by atoms with Crippen molar-refractivity contribution in [3.8, 4) is 16.9 Å². The van der Waals surface area contributed by atoms with Crippen LogP contribution in [-0.4, -0.2) is 14.5 Å². The van der Waals surface area contributed by atoms with Gasteiger partial charge < -0.3 is 9.47 Å². The maximum absolute atomic E-state index is 4.85. The Balaban J connectivity index is 1.29. The number of benzene rings is 5. The molecule has 0 saturated heterocycles. The Morgan fingerprint density at radius 1 is 0.556 bits per heavy atom. The van der Waals surface area contributed by atoms with Crippen LogP contribution in [0.2, 0.25) is 0 Å². The molecule has 0 unspecified atom stereocenters. The Hall–Kier alpha value is -5.78. The molecule has 4 heterocycles. The predicted molar refractivity (Wildman–Crippen MR) is 189 cm³/mol. The van der Waals surface area contributed by atoms with E-state index in [4.69, 9.17) is 4.98 Å². The van der Waals surface area contributed by atoms with Crippen LogP contribution in [0.3, 0.4) is 0 Å². The van der Waals surface area contributed by atoms with Crippen LogP contribution < -0.4 is 4.90 Å². The van der Waals surface area contributed by atoms with E-state index in [9.17, 15) is 0 Å². The Morgan fingerprint density at radius 3 is 2.20 bits per heavy atom. The molecule has 0 bridgehead atoms. The number of fused-ring (bicyclic) bond motifs is 6. The molecule has 9 rings (SSSR count). The Bertz CT molecular complexity index is 2480. The summed E-state index contributed by atoms with van der Waals surface area (Å²) in [5, 5.41) is 4.97. The zero-order valence-corrected chi connectivity index (χ0v) is 25.0. The molecule has 0 fully saturated rings. The smallest absolute Gasteiger partial charge is 0.0719 e. The molecule has 0 spiro atoms. The van der Waals surface area contributed by atoms with Crippen molar-refractivity contribution < 1.29 is 0 Å². The van der Waals surface area contributed by atoms with Crippen LogP contribution in [0.1, 0.15) is 0 Å². The van der Waals surface area contributed by atoms with Crippen LogP contribution in [0.5, 0.6) is 0 Å². The lowest BCUT2D eigenvalue weighted by molar-refractivity contribution is 1.14. The van der Waals surface area contributed by atoms with E-state index in [0.29, 0.717) is 0 Å². The van der Waals surface area contributed by atoms with E-state index in [1.54, 1.807) is 6.20 Å². The lowest BCUT2D eigenvalue weighted by Gasteiger charge is -2.26. The molecule has 0 aliphatic rings. The summed E-state index contributed by atoms with van der Waals surface area (Å²) in [5.41, 5.74) is 8.57. The monoisotopic (exact) mass is 594 g/mol. The average molecular weight is 595 g/mol. The van der Waals surface area contributed by atoms with Gasteiger partial charge in [-0.15, -0.1) is 11.3 Å². The molecule has 45 heavy (non-hydrogen) atoms. The summed E-state index contributed by atoms with van der Waals surface area (Å²) in [6.07, 6.45) is 5.60. The van der Waals surface area contributed by atoms with Crippen molar-refractivity contribution in [1.29, 1.82) is 0 Å². The van der Waals surface area contributed by atoms with Gasteiger partial charge in [-0.2, -0.15) is 0 Å². The number of thiophene rings is 1. The number of nitrogens with zero attached hydrogens (tertiary/aromatic N) is 4. The molecule has 4 aromatic heterocycles. The number of pyridine rings is 2. The number of rotatable bonds is 5. The van der Waals surface area contributed by atoms with Gasteiger partial charge in [-0.1, -0.05) is 60.7 Å². The van der Waals surface area contributed by atoms with Gasteiger partial charge in [0.05, 0.1) is 34.3 Å². The molecule has 0 aliphatic heterocycles. The molecule has 0 aliphatic carbocycles. The average Bonchev–Trinajstić information content (AvgIpc) is 3.65. The highest BCUT2D eigenvalue weighted by molar-refractivity contribution is 7.25. The van der Waals surface area contributed by atoms with E-state index >= 15 is 0 Å². The van der Waals surface area contributed by atoms with Gasteiger partial charge in [0.15, 0.2) is 0 Å².